The molecule has 0 N–H and O–H groups in total. The van der Waals surface area contributed by atoms with Gasteiger partial charge in [-0.1, -0.05) is 5.65 Å². The van der Waals surface area contributed by atoms with E-state index in [2.05, 4.69) is 18.8 Å². The Balaban J connectivity index is 3.17. The maximum absolute atomic E-state index is 5.34. The molecule has 0 saturated carbocycles. The molecule has 36 valence electrons. The van der Waals surface area contributed by atoms with Crippen LogP contribution in [0.2, 0.25) is 0 Å². The molecule has 0 aliphatic carbocycles. The molecule has 0 aromatic heterocycles. The lowest BCUT2D eigenvalue weighted by molar-refractivity contribution is 1.96. The van der Waals surface area contributed by atoms with Crippen molar-refractivity contribution in [3.05, 3.63) is 0 Å². The van der Waals surface area contributed by atoms with Gasteiger partial charge in [0.15, 0.2) is 0 Å². The van der Waals surface area contributed by atoms with Gasteiger partial charge in [-0.2, -0.15) is 0 Å². The largest absolute Gasteiger partial charge is 0.258 e. The van der Waals surface area contributed by atoms with Gasteiger partial charge in [-0.25, -0.2) is 0 Å². The van der Waals surface area contributed by atoms with Crippen molar-refractivity contribution in [1.29, 1.82) is 0 Å². The first-order chi connectivity index (χ1) is 2.56. The quantitative estimate of drug-likeness (QED) is 0.429. The van der Waals surface area contributed by atoms with Gasteiger partial charge in [0.25, 0.3) is 0 Å². The molecule has 0 atom stereocenters. The van der Waals surface area contributed by atoms with E-state index in [0.29, 0.717) is 0 Å². The predicted octanol–water partition coefficient (Wildman–Crippen LogP) is 0.806. The van der Waals surface area contributed by atoms with Crippen molar-refractivity contribution < 1.29 is 0 Å². The van der Waals surface area contributed by atoms with Crippen LogP contribution in [0.4, 0.5) is 0 Å². The molecule has 6 heavy (non-hydrogen) atoms. The summed E-state index contributed by atoms with van der Waals surface area (Å²) in [6, 6.07) is 0. The van der Waals surface area contributed by atoms with Gasteiger partial charge in [-0.3, -0.25) is 10.0 Å². The molecule has 0 bridgehead atoms. The zero-order valence-electron chi connectivity index (χ0n) is 4.69. The highest BCUT2D eigenvalue weighted by Crippen LogP contribution is 2.31. The van der Waals surface area contributed by atoms with Crippen LogP contribution < -0.4 is 0 Å². The minimum atomic E-state index is -0.384. The molecule has 0 fully saturated rings. The Morgan fingerprint density at radius 3 is 1.50 bits per heavy atom. The van der Waals surface area contributed by atoms with Gasteiger partial charge in [-0.15, -0.1) is 0 Å². The Kier molecular flexibility index (Phi) is 2.05. The van der Waals surface area contributed by atoms with Gasteiger partial charge in [0.05, 0.1) is 7.85 Å². The highest BCUT2D eigenvalue weighted by atomic mass is 32.3. The molecule has 0 aliphatic rings. The summed E-state index contributed by atoms with van der Waals surface area (Å²) in [7, 11) is 4.96. The molecular weight excluding hydrogens is 90.9 g/mol. The van der Waals surface area contributed by atoms with Gasteiger partial charge in [-0.05, 0) is 18.8 Å². The van der Waals surface area contributed by atoms with Crippen molar-refractivity contribution in [3.63, 3.8) is 0 Å². The fraction of sp³-hybridized carbons (Fsp3) is 1.00. The van der Waals surface area contributed by atoms with Gasteiger partial charge < -0.3 is 0 Å². The normalized spacial score (nSPS) is 14.5. The summed E-state index contributed by atoms with van der Waals surface area (Å²) in [5.74, 6) is 0. The lowest BCUT2D eigenvalue weighted by atomic mass is 10.2. The van der Waals surface area contributed by atoms with E-state index >= 15 is 0 Å². The third kappa shape index (κ3) is 4.41. The molecule has 0 heterocycles. The SMILES string of the molecule is [B]CS(C)(C)C. The molecule has 0 rings (SSSR count). The van der Waals surface area contributed by atoms with Crippen molar-refractivity contribution in [1.82, 2.24) is 0 Å². The van der Waals surface area contributed by atoms with Crippen LogP contribution in [-0.4, -0.2) is 32.3 Å². The minimum Gasteiger partial charge on any atom is -0.258 e. The molecule has 0 unspecified atom stereocenters. The van der Waals surface area contributed by atoms with Gasteiger partial charge in [0, 0.05) is 0 Å². The van der Waals surface area contributed by atoms with Gasteiger partial charge in [0.2, 0.25) is 0 Å². The van der Waals surface area contributed by atoms with Crippen LogP contribution in [0.5, 0.6) is 0 Å². The molecule has 0 aromatic carbocycles. The van der Waals surface area contributed by atoms with Crippen LogP contribution in [0, 0.1) is 0 Å². The van der Waals surface area contributed by atoms with E-state index in [-0.39, 0.29) is 10.0 Å². The summed E-state index contributed by atoms with van der Waals surface area (Å²) < 4.78 is 0. The maximum Gasteiger partial charge on any atom is 0.0778 e. The summed E-state index contributed by atoms with van der Waals surface area (Å²) in [5.41, 5.74) is 0.854. The zero-order chi connectivity index (χ0) is 5.21. The molecule has 2 radical (unpaired) electrons. The number of rotatable bonds is 1. The summed E-state index contributed by atoms with van der Waals surface area (Å²) in [6.07, 6.45) is 6.60. The predicted molar refractivity (Wildman–Crippen MR) is 36.0 cm³/mol. The highest BCUT2D eigenvalue weighted by Gasteiger charge is 1.94. The van der Waals surface area contributed by atoms with Crippen molar-refractivity contribution in [3.8, 4) is 0 Å². The average molecular weight is 102 g/mol. The van der Waals surface area contributed by atoms with Crippen molar-refractivity contribution in [2.45, 2.75) is 0 Å². The van der Waals surface area contributed by atoms with Crippen LogP contribution in [-0.2, 0) is 0 Å². The number of hydrogen-bond donors (Lipinski definition) is 0. The smallest absolute Gasteiger partial charge is 0.0778 e. The Morgan fingerprint density at radius 2 is 1.50 bits per heavy atom. The Labute approximate surface area is 43.0 Å². The molecule has 2 heteroatoms. The van der Waals surface area contributed by atoms with E-state index in [0.717, 1.165) is 5.65 Å². The van der Waals surface area contributed by atoms with Gasteiger partial charge >= 0.3 is 0 Å². The Morgan fingerprint density at radius 1 is 1.33 bits per heavy atom. The summed E-state index contributed by atoms with van der Waals surface area (Å²) in [4.78, 5) is 0. The molecular formula is C4H11BS. The van der Waals surface area contributed by atoms with Crippen LogP contribution >= 0.6 is 10.0 Å². The second kappa shape index (κ2) is 1.92. The van der Waals surface area contributed by atoms with E-state index in [1.54, 1.807) is 0 Å². The standard InChI is InChI=1S/C4H11BS/c1-6(2,3)4-5/h4H2,1-3H3. The molecule has 0 aliphatic heterocycles. The summed E-state index contributed by atoms with van der Waals surface area (Å²) in [6.45, 7) is 0. The molecule has 0 amide bonds. The second-order valence-electron chi connectivity index (χ2n) is 2.26. The minimum absolute atomic E-state index is 0.384. The lowest BCUT2D eigenvalue weighted by Crippen LogP contribution is -1.96. The average Bonchev–Trinajstić information content (AvgIpc) is 1.35. The van der Waals surface area contributed by atoms with E-state index in [1.807, 2.05) is 0 Å². The third-order valence-electron chi connectivity index (χ3n) is 0.500. The molecule has 0 nitrogen and oxygen atoms in total. The maximum atomic E-state index is 5.34. The van der Waals surface area contributed by atoms with Crippen LogP contribution in [0.1, 0.15) is 0 Å². The van der Waals surface area contributed by atoms with E-state index in [4.69, 9.17) is 7.85 Å². The van der Waals surface area contributed by atoms with E-state index in [9.17, 15) is 0 Å². The number of hydrogen-bond acceptors (Lipinski definition) is 0. The lowest BCUT2D eigenvalue weighted by Gasteiger charge is -2.21. The second-order valence-corrected chi connectivity index (χ2v) is 6.77. The third-order valence-corrected chi connectivity index (χ3v) is 1.50. The topological polar surface area (TPSA) is 0 Å². The molecule has 0 aromatic rings. The zero-order valence-corrected chi connectivity index (χ0v) is 5.51. The first-order valence-electron chi connectivity index (χ1n) is 1.92. The van der Waals surface area contributed by atoms with E-state index < -0.39 is 0 Å². The first-order valence-corrected chi connectivity index (χ1v) is 4.95. The summed E-state index contributed by atoms with van der Waals surface area (Å²) >= 11 is 0. The Bertz CT molecular complexity index is 37.3. The van der Waals surface area contributed by atoms with Crippen LogP contribution in [0.3, 0.4) is 0 Å². The fourth-order valence-electron chi connectivity index (χ4n) is 0. The molecule has 0 spiro atoms. The Hall–Kier alpha value is 0.415. The van der Waals surface area contributed by atoms with Crippen LogP contribution in [0.25, 0.3) is 0 Å². The van der Waals surface area contributed by atoms with Crippen molar-refractivity contribution in [2.75, 3.05) is 24.4 Å². The molecule has 0 saturated heterocycles. The van der Waals surface area contributed by atoms with E-state index in [1.165, 1.54) is 0 Å². The monoisotopic (exact) mass is 102 g/mol. The first kappa shape index (κ1) is 6.41. The summed E-state index contributed by atoms with van der Waals surface area (Å²) in [5, 5.41) is 0. The van der Waals surface area contributed by atoms with Crippen molar-refractivity contribution >= 4 is 17.9 Å². The highest BCUT2D eigenvalue weighted by molar-refractivity contribution is 8.32. The van der Waals surface area contributed by atoms with Crippen molar-refractivity contribution in [2.24, 2.45) is 0 Å². The van der Waals surface area contributed by atoms with Gasteiger partial charge in [0.1, 0.15) is 0 Å². The fourth-order valence-corrected chi connectivity index (χ4v) is 0. The van der Waals surface area contributed by atoms with Crippen LogP contribution in [0.15, 0.2) is 0 Å².